The van der Waals surface area contributed by atoms with Gasteiger partial charge < -0.3 is 14.8 Å². The molecule has 0 radical (unpaired) electrons. The van der Waals surface area contributed by atoms with E-state index in [4.69, 9.17) is 21.1 Å². The molecule has 1 amide bonds. The lowest BCUT2D eigenvalue weighted by molar-refractivity contribution is 0.102. The van der Waals surface area contributed by atoms with E-state index in [0.29, 0.717) is 41.1 Å². The van der Waals surface area contributed by atoms with Crippen molar-refractivity contribution in [1.29, 1.82) is 0 Å². The Balaban J connectivity index is 2.23. The van der Waals surface area contributed by atoms with Gasteiger partial charge in [-0.15, -0.1) is 0 Å². The fourth-order valence-electron chi connectivity index (χ4n) is 1.86. The molecule has 116 valence electrons. The van der Waals surface area contributed by atoms with Crippen molar-refractivity contribution in [3.8, 4) is 11.5 Å². The lowest BCUT2D eigenvalue weighted by Gasteiger charge is -2.11. The van der Waals surface area contributed by atoms with E-state index in [1.54, 1.807) is 30.3 Å². The smallest absolute Gasteiger partial charge is 0.257 e. The number of anilines is 1. The average molecular weight is 321 g/mol. The number of ether oxygens (including phenoxy) is 2. The number of carbonyl (C=O) groups excluding carboxylic acids is 1. The van der Waals surface area contributed by atoms with Crippen molar-refractivity contribution >= 4 is 23.3 Å². The normalized spacial score (nSPS) is 10.1. The molecule has 2 rings (SSSR count). The number of nitrogens with zero attached hydrogens (tertiary/aromatic N) is 1. The summed E-state index contributed by atoms with van der Waals surface area (Å²) in [5.41, 5.74) is 0.427. The first-order valence-corrected chi connectivity index (χ1v) is 7.33. The highest BCUT2D eigenvalue weighted by Gasteiger charge is 2.11. The number of benzene rings is 1. The van der Waals surface area contributed by atoms with Crippen LogP contribution in [-0.4, -0.2) is 24.1 Å². The Kier molecular flexibility index (Phi) is 5.61. The van der Waals surface area contributed by atoms with E-state index < -0.39 is 0 Å². The summed E-state index contributed by atoms with van der Waals surface area (Å²) in [7, 11) is 0. The number of hydrogen-bond donors (Lipinski definition) is 1. The number of aromatic nitrogens is 1. The molecule has 2 aromatic rings. The molecule has 1 aromatic heterocycles. The van der Waals surface area contributed by atoms with Gasteiger partial charge in [-0.05, 0) is 38.1 Å². The Hall–Kier alpha value is -2.27. The fraction of sp³-hybridized carbons (Fsp3) is 0.250. The molecule has 0 unspecified atom stereocenters. The molecule has 0 aliphatic heterocycles. The highest BCUT2D eigenvalue weighted by molar-refractivity contribution is 6.30. The largest absolute Gasteiger partial charge is 0.494 e. The summed E-state index contributed by atoms with van der Waals surface area (Å²) in [6, 6.07) is 8.29. The van der Waals surface area contributed by atoms with Gasteiger partial charge in [0.1, 0.15) is 17.3 Å². The third-order valence-electron chi connectivity index (χ3n) is 2.73. The molecule has 0 saturated carbocycles. The average Bonchev–Trinajstić information content (AvgIpc) is 2.47. The van der Waals surface area contributed by atoms with E-state index in [0.717, 1.165) is 0 Å². The minimum atomic E-state index is -0.308. The summed E-state index contributed by atoms with van der Waals surface area (Å²) in [5, 5.41) is 3.20. The SMILES string of the molecule is CCOc1cc(OCC)cc(C(=O)Nc2cc(Cl)ccn2)c1. The van der Waals surface area contributed by atoms with Crippen LogP contribution in [0, 0.1) is 0 Å². The van der Waals surface area contributed by atoms with Crippen molar-refractivity contribution in [1.82, 2.24) is 4.98 Å². The molecule has 6 heteroatoms. The van der Waals surface area contributed by atoms with Gasteiger partial charge in [-0.25, -0.2) is 4.98 Å². The number of pyridine rings is 1. The van der Waals surface area contributed by atoms with Gasteiger partial charge in [0, 0.05) is 22.8 Å². The molecule has 0 spiro atoms. The van der Waals surface area contributed by atoms with Gasteiger partial charge >= 0.3 is 0 Å². The molecule has 22 heavy (non-hydrogen) atoms. The number of amides is 1. The summed E-state index contributed by atoms with van der Waals surface area (Å²) >= 11 is 5.88. The Morgan fingerprint density at radius 1 is 1.14 bits per heavy atom. The monoisotopic (exact) mass is 320 g/mol. The van der Waals surface area contributed by atoms with Crippen LogP contribution in [-0.2, 0) is 0 Å². The first kappa shape index (κ1) is 16.1. The van der Waals surface area contributed by atoms with Gasteiger partial charge in [-0.3, -0.25) is 4.79 Å². The quantitative estimate of drug-likeness (QED) is 0.879. The zero-order valence-electron chi connectivity index (χ0n) is 12.4. The van der Waals surface area contributed by atoms with Crippen LogP contribution in [0.25, 0.3) is 0 Å². The van der Waals surface area contributed by atoms with Crippen LogP contribution < -0.4 is 14.8 Å². The van der Waals surface area contributed by atoms with Crippen LogP contribution in [0.2, 0.25) is 5.02 Å². The summed E-state index contributed by atoms with van der Waals surface area (Å²) in [4.78, 5) is 16.4. The second kappa shape index (κ2) is 7.66. The van der Waals surface area contributed by atoms with E-state index in [2.05, 4.69) is 10.3 Å². The fourth-order valence-corrected chi connectivity index (χ4v) is 2.02. The molecular formula is C16H17ClN2O3. The summed E-state index contributed by atoms with van der Waals surface area (Å²) in [6.07, 6.45) is 1.53. The Labute approximate surface area is 134 Å². The highest BCUT2D eigenvalue weighted by Crippen LogP contribution is 2.24. The maximum absolute atomic E-state index is 12.3. The van der Waals surface area contributed by atoms with Gasteiger partial charge in [0.2, 0.25) is 0 Å². The summed E-state index contributed by atoms with van der Waals surface area (Å²) in [5.74, 6) is 1.24. The second-order valence-corrected chi connectivity index (χ2v) is 4.81. The molecule has 0 fully saturated rings. The van der Waals surface area contributed by atoms with Crippen molar-refractivity contribution in [2.45, 2.75) is 13.8 Å². The zero-order chi connectivity index (χ0) is 15.9. The third kappa shape index (κ3) is 4.36. The third-order valence-corrected chi connectivity index (χ3v) is 2.96. The molecule has 1 N–H and O–H groups in total. The number of carbonyl (C=O) groups is 1. The molecule has 1 aromatic carbocycles. The topological polar surface area (TPSA) is 60.5 Å². The molecule has 0 bridgehead atoms. The second-order valence-electron chi connectivity index (χ2n) is 4.37. The van der Waals surface area contributed by atoms with E-state index in [1.807, 2.05) is 13.8 Å². The predicted octanol–water partition coefficient (Wildman–Crippen LogP) is 3.78. The van der Waals surface area contributed by atoms with Crippen LogP contribution in [0.15, 0.2) is 36.5 Å². The van der Waals surface area contributed by atoms with Gasteiger partial charge in [0.15, 0.2) is 0 Å². The molecule has 5 nitrogen and oxygen atoms in total. The zero-order valence-corrected chi connectivity index (χ0v) is 13.2. The molecule has 1 heterocycles. The maximum atomic E-state index is 12.3. The number of nitrogens with one attached hydrogen (secondary N) is 1. The first-order valence-electron chi connectivity index (χ1n) is 6.96. The predicted molar refractivity (Wildman–Crippen MR) is 86.0 cm³/mol. The van der Waals surface area contributed by atoms with Crippen molar-refractivity contribution in [2.75, 3.05) is 18.5 Å². The number of hydrogen-bond acceptors (Lipinski definition) is 4. The first-order chi connectivity index (χ1) is 10.6. The van der Waals surface area contributed by atoms with Crippen LogP contribution >= 0.6 is 11.6 Å². The van der Waals surface area contributed by atoms with Crippen LogP contribution in [0.1, 0.15) is 24.2 Å². The molecule has 0 saturated heterocycles. The van der Waals surface area contributed by atoms with E-state index in [9.17, 15) is 4.79 Å². The van der Waals surface area contributed by atoms with E-state index in [1.165, 1.54) is 6.20 Å². The van der Waals surface area contributed by atoms with Crippen molar-refractivity contribution in [3.63, 3.8) is 0 Å². The van der Waals surface area contributed by atoms with Gasteiger partial charge in [-0.1, -0.05) is 11.6 Å². The minimum Gasteiger partial charge on any atom is -0.494 e. The number of halogens is 1. The summed E-state index contributed by atoms with van der Waals surface area (Å²) in [6.45, 7) is 4.77. The van der Waals surface area contributed by atoms with Crippen LogP contribution in [0.3, 0.4) is 0 Å². The lowest BCUT2D eigenvalue weighted by atomic mass is 10.2. The van der Waals surface area contributed by atoms with Gasteiger partial charge in [-0.2, -0.15) is 0 Å². The molecule has 0 aliphatic carbocycles. The van der Waals surface area contributed by atoms with E-state index in [-0.39, 0.29) is 5.91 Å². The Morgan fingerprint density at radius 2 is 1.77 bits per heavy atom. The van der Waals surface area contributed by atoms with Gasteiger partial charge in [0.05, 0.1) is 13.2 Å². The van der Waals surface area contributed by atoms with Crippen molar-refractivity contribution in [2.24, 2.45) is 0 Å². The highest BCUT2D eigenvalue weighted by atomic mass is 35.5. The molecular weight excluding hydrogens is 304 g/mol. The van der Waals surface area contributed by atoms with Crippen LogP contribution in [0.5, 0.6) is 11.5 Å². The lowest BCUT2D eigenvalue weighted by Crippen LogP contribution is -2.13. The minimum absolute atomic E-state index is 0.308. The van der Waals surface area contributed by atoms with Gasteiger partial charge in [0.25, 0.3) is 5.91 Å². The van der Waals surface area contributed by atoms with Crippen molar-refractivity contribution < 1.29 is 14.3 Å². The summed E-state index contributed by atoms with van der Waals surface area (Å²) < 4.78 is 10.9. The molecule has 0 aliphatic rings. The van der Waals surface area contributed by atoms with Crippen molar-refractivity contribution in [3.05, 3.63) is 47.1 Å². The number of rotatable bonds is 6. The maximum Gasteiger partial charge on any atom is 0.257 e. The Morgan fingerprint density at radius 3 is 2.32 bits per heavy atom. The standard InChI is InChI=1S/C16H17ClN2O3/c1-3-21-13-7-11(8-14(10-13)22-4-2)16(20)19-15-9-12(17)5-6-18-15/h5-10H,3-4H2,1-2H3,(H,18,19,20). The molecule has 0 atom stereocenters. The Bertz CT molecular complexity index is 637. The van der Waals surface area contributed by atoms with Crippen LogP contribution in [0.4, 0.5) is 5.82 Å². The van der Waals surface area contributed by atoms with E-state index >= 15 is 0 Å².